The molecule has 0 aliphatic heterocycles. The molecule has 1 heterocycles. The van der Waals surface area contributed by atoms with Crippen LogP contribution in [0.4, 0.5) is 0 Å². The summed E-state index contributed by atoms with van der Waals surface area (Å²) in [4.78, 5) is 29.4. The average molecular weight is 524 g/mol. The molecule has 5 heteroatoms. The van der Waals surface area contributed by atoms with Gasteiger partial charge in [-0.25, -0.2) is 0 Å². The molecule has 3 rings (SSSR count). The molecule has 2 aromatic rings. The van der Waals surface area contributed by atoms with E-state index in [1.54, 1.807) is 0 Å². The van der Waals surface area contributed by atoms with Gasteiger partial charge in [-0.05, 0) is 30.9 Å². The van der Waals surface area contributed by atoms with Gasteiger partial charge in [0, 0.05) is 36.0 Å². The predicted octanol–water partition coefficient (Wildman–Crippen LogP) is 8.13. The second kappa shape index (κ2) is 18.1. The van der Waals surface area contributed by atoms with Gasteiger partial charge in [0.05, 0.1) is 0 Å². The summed E-state index contributed by atoms with van der Waals surface area (Å²) >= 11 is 0. The van der Waals surface area contributed by atoms with Crippen LogP contribution < -0.4 is 10.6 Å². The molecule has 0 saturated heterocycles. The van der Waals surface area contributed by atoms with Crippen molar-refractivity contribution in [2.75, 3.05) is 0 Å². The number of amides is 2. The third-order valence-electron chi connectivity index (χ3n) is 8.21. The summed E-state index contributed by atoms with van der Waals surface area (Å²) in [6, 6.07) is 7.85. The molecule has 1 unspecified atom stereocenters. The number of para-hydroxylation sites is 1. The highest BCUT2D eigenvalue weighted by atomic mass is 16.2. The van der Waals surface area contributed by atoms with E-state index in [1.807, 2.05) is 24.4 Å². The van der Waals surface area contributed by atoms with Gasteiger partial charge in [-0.3, -0.25) is 9.59 Å². The van der Waals surface area contributed by atoms with E-state index in [-0.39, 0.29) is 17.9 Å². The van der Waals surface area contributed by atoms with Crippen molar-refractivity contribution in [1.82, 2.24) is 15.6 Å². The molecule has 1 fully saturated rings. The van der Waals surface area contributed by atoms with E-state index < -0.39 is 6.04 Å². The average Bonchev–Trinajstić information content (AvgIpc) is 3.34. The first-order chi connectivity index (χ1) is 18.7. The summed E-state index contributed by atoms with van der Waals surface area (Å²) in [6.07, 6.45) is 25.4. The molecule has 3 N–H and O–H groups in total. The molecular formula is C33H53N3O2. The zero-order valence-corrected chi connectivity index (χ0v) is 24.0. The zero-order chi connectivity index (χ0) is 26.8. The van der Waals surface area contributed by atoms with E-state index in [0.717, 1.165) is 42.1 Å². The lowest BCUT2D eigenvalue weighted by atomic mass is 9.95. The van der Waals surface area contributed by atoms with Gasteiger partial charge < -0.3 is 15.6 Å². The molecule has 0 bridgehead atoms. The van der Waals surface area contributed by atoms with Crippen LogP contribution in [0.15, 0.2) is 30.5 Å². The number of aromatic amines is 1. The lowest BCUT2D eigenvalue weighted by molar-refractivity contribution is -0.129. The van der Waals surface area contributed by atoms with Crippen LogP contribution in [0.25, 0.3) is 10.9 Å². The fraction of sp³-hybridized carbons (Fsp3) is 0.697. The number of nitrogens with one attached hydrogen (secondary N) is 3. The van der Waals surface area contributed by atoms with Crippen molar-refractivity contribution in [2.24, 2.45) is 0 Å². The minimum Gasteiger partial charge on any atom is -0.361 e. The van der Waals surface area contributed by atoms with Crippen LogP contribution in [-0.4, -0.2) is 28.9 Å². The standard InChI is InChI=1S/C33H53N3O2/c1-2-3-4-5-6-7-8-9-10-11-12-13-17-24-32(37)36-31(33(38)35-28-20-15-14-16-21-28)25-27-26-34-30-23-19-18-22-29(27)30/h18-19,22-23,26,28,31,34H,2-17,20-21,24-25H2,1H3,(H,35,38)(H,36,37). The number of H-pyrrole nitrogens is 1. The van der Waals surface area contributed by atoms with Crippen LogP contribution in [-0.2, 0) is 16.0 Å². The third kappa shape index (κ3) is 11.2. The highest BCUT2D eigenvalue weighted by Crippen LogP contribution is 2.21. The topological polar surface area (TPSA) is 74.0 Å². The van der Waals surface area contributed by atoms with Crippen molar-refractivity contribution in [3.63, 3.8) is 0 Å². The molecule has 1 aliphatic rings. The maximum atomic E-state index is 13.3. The van der Waals surface area contributed by atoms with E-state index in [2.05, 4.69) is 28.6 Å². The molecule has 0 spiro atoms. The third-order valence-corrected chi connectivity index (χ3v) is 8.21. The smallest absolute Gasteiger partial charge is 0.243 e. The Bertz CT molecular complexity index is 931. The van der Waals surface area contributed by atoms with Crippen molar-refractivity contribution in [1.29, 1.82) is 0 Å². The predicted molar refractivity (Wildman–Crippen MR) is 159 cm³/mol. The molecule has 0 radical (unpaired) electrons. The Morgan fingerprint density at radius 2 is 1.45 bits per heavy atom. The second-order valence-electron chi connectivity index (χ2n) is 11.5. The minimum absolute atomic E-state index is 0.00305. The second-order valence-corrected chi connectivity index (χ2v) is 11.5. The van der Waals surface area contributed by atoms with E-state index >= 15 is 0 Å². The first kappa shape index (κ1) is 30.2. The molecule has 1 atom stereocenters. The van der Waals surface area contributed by atoms with Crippen LogP contribution in [0.5, 0.6) is 0 Å². The summed E-state index contributed by atoms with van der Waals surface area (Å²) < 4.78 is 0. The Balaban J connectivity index is 1.36. The van der Waals surface area contributed by atoms with Crippen LogP contribution in [0.1, 0.15) is 134 Å². The Labute approximate surface area is 231 Å². The van der Waals surface area contributed by atoms with E-state index in [1.165, 1.54) is 89.9 Å². The lowest BCUT2D eigenvalue weighted by Crippen LogP contribution is -2.51. The first-order valence-electron chi connectivity index (χ1n) is 15.8. The van der Waals surface area contributed by atoms with Crippen LogP contribution >= 0.6 is 0 Å². The monoisotopic (exact) mass is 523 g/mol. The summed E-state index contributed by atoms with van der Waals surface area (Å²) in [5.74, 6) is -0.0439. The van der Waals surface area contributed by atoms with Crippen molar-refractivity contribution < 1.29 is 9.59 Å². The van der Waals surface area contributed by atoms with Crippen LogP contribution in [0.3, 0.4) is 0 Å². The van der Waals surface area contributed by atoms with Crippen molar-refractivity contribution in [3.05, 3.63) is 36.0 Å². The summed E-state index contributed by atoms with van der Waals surface area (Å²) in [5.41, 5.74) is 2.14. The Kier molecular flexibility index (Phi) is 14.4. The number of hydrogen-bond donors (Lipinski definition) is 3. The quantitative estimate of drug-likeness (QED) is 0.163. The number of unbranched alkanes of at least 4 members (excludes halogenated alkanes) is 12. The number of carbonyl (C=O) groups excluding carboxylic acids is 2. The Hall–Kier alpha value is -2.30. The maximum Gasteiger partial charge on any atom is 0.243 e. The minimum atomic E-state index is -0.536. The molecule has 5 nitrogen and oxygen atoms in total. The van der Waals surface area contributed by atoms with Gasteiger partial charge in [-0.2, -0.15) is 0 Å². The summed E-state index contributed by atoms with van der Waals surface area (Å²) in [6.45, 7) is 2.27. The normalized spacial score (nSPS) is 15.0. The molecule has 1 aromatic heterocycles. The highest BCUT2D eigenvalue weighted by molar-refractivity contribution is 5.89. The zero-order valence-electron chi connectivity index (χ0n) is 24.0. The molecule has 1 aliphatic carbocycles. The van der Waals surface area contributed by atoms with Crippen molar-refractivity contribution >= 4 is 22.7 Å². The number of benzene rings is 1. The van der Waals surface area contributed by atoms with Gasteiger partial charge in [-0.1, -0.05) is 121 Å². The molecule has 2 amide bonds. The highest BCUT2D eigenvalue weighted by Gasteiger charge is 2.25. The van der Waals surface area contributed by atoms with Gasteiger partial charge in [0.15, 0.2) is 0 Å². The van der Waals surface area contributed by atoms with Crippen LogP contribution in [0.2, 0.25) is 0 Å². The van der Waals surface area contributed by atoms with Gasteiger partial charge in [0.2, 0.25) is 11.8 Å². The number of aromatic nitrogens is 1. The summed E-state index contributed by atoms with van der Waals surface area (Å²) in [5, 5.41) is 7.45. The van der Waals surface area contributed by atoms with Crippen molar-refractivity contribution in [3.8, 4) is 0 Å². The molecule has 38 heavy (non-hydrogen) atoms. The fourth-order valence-electron chi connectivity index (χ4n) is 5.85. The van der Waals surface area contributed by atoms with Gasteiger partial charge in [0.25, 0.3) is 0 Å². The van der Waals surface area contributed by atoms with Crippen LogP contribution in [0, 0.1) is 0 Å². The SMILES string of the molecule is CCCCCCCCCCCCCCCC(=O)NC(Cc1c[nH]c2ccccc12)C(=O)NC1CCCCC1. The fourth-order valence-corrected chi connectivity index (χ4v) is 5.85. The number of hydrogen-bond acceptors (Lipinski definition) is 2. The molecular weight excluding hydrogens is 470 g/mol. The lowest BCUT2D eigenvalue weighted by Gasteiger charge is -2.26. The van der Waals surface area contributed by atoms with E-state index in [9.17, 15) is 9.59 Å². The maximum absolute atomic E-state index is 13.3. The van der Waals surface area contributed by atoms with Crippen molar-refractivity contribution in [2.45, 2.75) is 147 Å². The first-order valence-corrected chi connectivity index (χ1v) is 15.8. The molecule has 1 saturated carbocycles. The van der Waals surface area contributed by atoms with Gasteiger partial charge >= 0.3 is 0 Å². The number of fused-ring (bicyclic) bond motifs is 1. The van der Waals surface area contributed by atoms with E-state index in [0.29, 0.717) is 12.8 Å². The van der Waals surface area contributed by atoms with Gasteiger partial charge in [0.1, 0.15) is 6.04 Å². The molecule has 212 valence electrons. The van der Waals surface area contributed by atoms with E-state index in [4.69, 9.17) is 0 Å². The largest absolute Gasteiger partial charge is 0.361 e. The Morgan fingerprint density at radius 1 is 0.842 bits per heavy atom. The Morgan fingerprint density at radius 3 is 2.11 bits per heavy atom. The summed E-state index contributed by atoms with van der Waals surface area (Å²) in [7, 11) is 0. The number of carbonyl (C=O) groups is 2. The molecule has 1 aromatic carbocycles. The van der Waals surface area contributed by atoms with Gasteiger partial charge in [-0.15, -0.1) is 0 Å². The number of rotatable bonds is 19.